The lowest BCUT2D eigenvalue weighted by Gasteiger charge is -2.13. The Kier molecular flexibility index (Phi) is 7.31. The zero-order valence-electron chi connectivity index (χ0n) is 15.4. The van der Waals surface area contributed by atoms with Crippen LogP contribution in [0.2, 0.25) is 0 Å². The van der Waals surface area contributed by atoms with Crippen molar-refractivity contribution in [1.29, 1.82) is 5.26 Å². The van der Waals surface area contributed by atoms with Gasteiger partial charge in [-0.2, -0.15) is 5.26 Å². The van der Waals surface area contributed by atoms with Crippen molar-refractivity contribution in [3.8, 4) is 17.6 Å². The number of guanidine groups is 1. The molecule has 26 heavy (non-hydrogen) atoms. The fourth-order valence-corrected chi connectivity index (χ4v) is 2.52. The largest absolute Gasteiger partial charge is 0.493 e. The summed E-state index contributed by atoms with van der Waals surface area (Å²) in [5.41, 5.74) is 2.83. The van der Waals surface area contributed by atoms with Crippen LogP contribution in [0, 0.1) is 11.3 Å². The van der Waals surface area contributed by atoms with Crippen molar-refractivity contribution >= 4 is 5.96 Å². The van der Waals surface area contributed by atoms with Crippen molar-refractivity contribution in [2.24, 2.45) is 4.99 Å². The molecule has 0 aliphatic rings. The average molecular weight is 352 g/mol. The molecule has 2 aromatic rings. The number of methoxy groups -OCH3 is 2. The molecular formula is C20H24N4O2. The number of nitrogens with zero attached hydrogens (tertiary/aromatic N) is 2. The SMILES string of the molecule is CN=C(NCCc1ccc(OC)c(OC)c1)NCc1cccc(C#N)c1. The van der Waals surface area contributed by atoms with Gasteiger partial charge in [-0.05, 0) is 41.8 Å². The quantitative estimate of drug-likeness (QED) is 0.591. The average Bonchev–Trinajstić information content (AvgIpc) is 2.70. The van der Waals surface area contributed by atoms with E-state index < -0.39 is 0 Å². The van der Waals surface area contributed by atoms with Gasteiger partial charge in [0.15, 0.2) is 17.5 Å². The summed E-state index contributed by atoms with van der Waals surface area (Å²) < 4.78 is 10.6. The van der Waals surface area contributed by atoms with Crippen molar-refractivity contribution in [3.63, 3.8) is 0 Å². The first-order chi connectivity index (χ1) is 12.7. The molecule has 0 saturated heterocycles. The smallest absolute Gasteiger partial charge is 0.191 e. The Morgan fingerprint density at radius 1 is 1.04 bits per heavy atom. The van der Waals surface area contributed by atoms with E-state index in [1.807, 2.05) is 36.4 Å². The number of ether oxygens (including phenoxy) is 2. The Balaban J connectivity index is 1.84. The molecular weight excluding hydrogens is 328 g/mol. The summed E-state index contributed by atoms with van der Waals surface area (Å²) in [6.45, 7) is 1.33. The minimum Gasteiger partial charge on any atom is -0.493 e. The van der Waals surface area contributed by atoms with Gasteiger partial charge in [0, 0.05) is 20.1 Å². The third-order valence-electron chi connectivity index (χ3n) is 3.89. The van der Waals surface area contributed by atoms with Crippen LogP contribution in [-0.2, 0) is 13.0 Å². The van der Waals surface area contributed by atoms with Crippen LogP contribution in [0.3, 0.4) is 0 Å². The molecule has 0 aliphatic heterocycles. The first-order valence-corrected chi connectivity index (χ1v) is 8.34. The highest BCUT2D eigenvalue weighted by atomic mass is 16.5. The van der Waals surface area contributed by atoms with Gasteiger partial charge in [0.2, 0.25) is 0 Å². The monoisotopic (exact) mass is 352 g/mol. The van der Waals surface area contributed by atoms with Crippen LogP contribution in [0.25, 0.3) is 0 Å². The van der Waals surface area contributed by atoms with Crippen LogP contribution in [0.4, 0.5) is 0 Å². The van der Waals surface area contributed by atoms with Crippen molar-refractivity contribution in [2.75, 3.05) is 27.8 Å². The van der Waals surface area contributed by atoms with Gasteiger partial charge in [-0.1, -0.05) is 18.2 Å². The second-order valence-electron chi connectivity index (χ2n) is 5.60. The number of aliphatic imine (C=N–C) groups is 1. The summed E-state index contributed by atoms with van der Waals surface area (Å²) in [4.78, 5) is 4.22. The van der Waals surface area contributed by atoms with Crippen LogP contribution in [-0.4, -0.2) is 33.8 Å². The standard InChI is InChI=1S/C20H24N4O2/c1-22-20(24-14-17-6-4-5-16(11-17)13-21)23-10-9-15-7-8-18(25-2)19(12-15)26-3/h4-8,11-12H,9-10,14H2,1-3H3,(H2,22,23,24). The molecule has 0 fully saturated rings. The molecule has 2 rings (SSSR count). The first kappa shape index (κ1) is 19.1. The zero-order valence-corrected chi connectivity index (χ0v) is 15.4. The van der Waals surface area contributed by atoms with Crippen LogP contribution < -0.4 is 20.1 Å². The summed E-state index contributed by atoms with van der Waals surface area (Å²) in [5.74, 6) is 2.17. The molecule has 2 aromatic carbocycles. The first-order valence-electron chi connectivity index (χ1n) is 8.34. The lowest BCUT2D eigenvalue weighted by atomic mass is 10.1. The minimum absolute atomic E-state index is 0.603. The summed E-state index contributed by atoms with van der Waals surface area (Å²) in [6.07, 6.45) is 0.824. The van der Waals surface area contributed by atoms with E-state index in [9.17, 15) is 0 Å². The van der Waals surface area contributed by atoms with E-state index in [1.54, 1.807) is 27.3 Å². The summed E-state index contributed by atoms with van der Waals surface area (Å²) in [5, 5.41) is 15.5. The van der Waals surface area contributed by atoms with Crippen molar-refractivity contribution < 1.29 is 9.47 Å². The summed E-state index contributed by atoms with van der Waals surface area (Å²) >= 11 is 0. The molecule has 0 aliphatic carbocycles. The highest BCUT2D eigenvalue weighted by molar-refractivity contribution is 5.79. The van der Waals surface area contributed by atoms with Crippen LogP contribution in [0.15, 0.2) is 47.5 Å². The molecule has 6 nitrogen and oxygen atoms in total. The Bertz CT molecular complexity index is 797. The lowest BCUT2D eigenvalue weighted by Crippen LogP contribution is -2.37. The Labute approximate surface area is 154 Å². The maximum atomic E-state index is 8.96. The molecule has 136 valence electrons. The van der Waals surface area contributed by atoms with Crippen LogP contribution in [0.1, 0.15) is 16.7 Å². The van der Waals surface area contributed by atoms with Crippen molar-refractivity contribution in [2.45, 2.75) is 13.0 Å². The van der Waals surface area contributed by atoms with Crippen LogP contribution >= 0.6 is 0 Å². The van der Waals surface area contributed by atoms with Gasteiger partial charge < -0.3 is 20.1 Å². The van der Waals surface area contributed by atoms with Gasteiger partial charge in [0.1, 0.15) is 0 Å². The Hall–Kier alpha value is -3.20. The number of hydrogen-bond donors (Lipinski definition) is 2. The normalized spacial score (nSPS) is 10.8. The number of rotatable bonds is 7. The maximum absolute atomic E-state index is 8.96. The number of nitriles is 1. The number of hydrogen-bond acceptors (Lipinski definition) is 4. The molecule has 0 spiro atoms. The molecule has 0 bridgehead atoms. The van der Waals surface area contributed by atoms with Gasteiger partial charge >= 0.3 is 0 Å². The second kappa shape index (κ2) is 9.94. The van der Waals surface area contributed by atoms with Crippen LogP contribution in [0.5, 0.6) is 11.5 Å². The predicted octanol–water partition coefficient (Wildman–Crippen LogP) is 2.48. The molecule has 0 radical (unpaired) electrons. The molecule has 0 atom stereocenters. The van der Waals surface area contributed by atoms with Crippen molar-refractivity contribution in [3.05, 3.63) is 59.2 Å². The molecule has 2 N–H and O–H groups in total. The molecule has 0 heterocycles. The zero-order chi connectivity index (χ0) is 18.8. The fourth-order valence-electron chi connectivity index (χ4n) is 2.52. The summed E-state index contributed by atoms with van der Waals surface area (Å²) in [7, 11) is 4.99. The second-order valence-corrected chi connectivity index (χ2v) is 5.60. The highest BCUT2D eigenvalue weighted by Crippen LogP contribution is 2.27. The lowest BCUT2D eigenvalue weighted by molar-refractivity contribution is 0.354. The summed E-state index contributed by atoms with van der Waals surface area (Å²) in [6, 6.07) is 15.6. The minimum atomic E-state index is 0.603. The van der Waals surface area contributed by atoms with Gasteiger partial charge in [0.25, 0.3) is 0 Å². The molecule has 0 aromatic heterocycles. The topological polar surface area (TPSA) is 78.7 Å². The number of benzene rings is 2. The molecule has 0 saturated carbocycles. The van der Waals surface area contributed by atoms with E-state index in [-0.39, 0.29) is 0 Å². The van der Waals surface area contributed by atoms with E-state index in [4.69, 9.17) is 14.7 Å². The Morgan fingerprint density at radius 3 is 2.54 bits per heavy atom. The maximum Gasteiger partial charge on any atom is 0.191 e. The van der Waals surface area contributed by atoms with Crippen molar-refractivity contribution in [1.82, 2.24) is 10.6 Å². The molecule has 0 amide bonds. The van der Waals surface area contributed by atoms with Gasteiger partial charge in [-0.3, -0.25) is 4.99 Å². The van der Waals surface area contributed by atoms with Gasteiger partial charge in [0.05, 0.1) is 25.9 Å². The van der Waals surface area contributed by atoms with Gasteiger partial charge in [-0.25, -0.2) is 0 Å². The van der Waals surface area contributed by atoms with E-state index >= 15 is 0 Å². The third kappa shape index (κ3) is 5.42. The van der Waals surface area contributed by atoms with Gasteiger partial charge in [-0.15, -0.1) is 0 Å². The highest BCUT2D eigenvalue weighted by Gasteiger charge is 2.05. The van der Waals surface area contributed by atoms with E-state index in [1.165, 1.54) is 0 Å². The Morgan fingerprint density at radius 2 is 1.85 bits per heavy atom. The molecule has 6 heteroatoms. The van der Waals surface area contributed by atoms with E-state index in [0.717, 1.165) is 35.6 Å². The fraction of sp³-hybridized carbons (Fsp3) is 0.300. The van der Waals surface area contributed by atoms with E-state index in [2.05, 4.69) is 21.7 Å². The number of nitrogens with one attached hydrogen (secondary N) is 2. The van der Waals surface area contributed by atoms with E-state index in [0.29, 0.717) is 18.1 Å². The third-order valence-corrected chi connectivity index (χ3v) is 3.89. The molecule has 0 unspecified atom stereocenters. The predicted molar refractivity (Wildman–Crippen MR) is 103 cm³/mol.